The Morgan fingerprint density at radius 1 is 1.16 bits per heavy atom. The normalized spacial score (nSPS) is 19.7. The van der Waals surface area contributed by atoms with Crippen LogP contribution in [0.15, 0.2) is 48.0 Å². The topological polar surface area (TPSA) is 66.5 Å². The molecular weight excluding hydrogens is 398 g/mol. The fraction of sp³-hybridized carbons (Fsp3) is 0.375. The molecule has 2 aromatic carbocycles. The van der Waals surface area contributed by atoms with Crippen molar-refractivity contribution in [1.82, 2.24) is 0 Å². The molecular formula is C24H25NO6. The molecule has 0 amide bonds. The molecule has 31 heavy (non-hydrogen) atoms. The van der Waals surface area contributed by atoms with E-state index in [4.69, 9.17) is 23.7 Å². The third-order valence-electron chi connectivity index (χ3n) is 6.14. The van der Waals surface area contributed by atoms with Gasteiger partial charge in [0, 0.05) is 16.8 Å². The van der Waals surface area contributed by atoms with Crippen LogP contribution in [-0.2, 0) is 14.3 Å². The monoisotopic (exact) mass is 423 g/mol. The van der Waals surface area contributed by atoms with Gasteiger partial charge < -0.3 is 28.6 Å². The molecule has 7 nitrogen and oxygen atoms in total. The van der Waals surface area contributed by atoms with Crippen LogP contribution in [-0.4, -0.2) is 44.3 Å². The Morgan fingerprint density at radius 3 is 2.55 bits per heavy atom. The molecule has 3 heterocycles. The quantitative estimate of drug-likeness (QED) is 0.679. The second-order valence-corrected chi connectivity index (χ2v) is 8.40. The van der Waals surface area contributed by atoms with Gasteiger partial charge in [0.05, 0.1) is 30.9 Å². The van der Waals surface area contributed by atoms with Gasteiger partial charge in [-0.25, -0.2) is 4.79 Å². The van der Waals surface area contributed by atoms with Gasteiger partial charge >= 0.3 is 12.4 Å². The molecule has 0 fully saturated rings. The molecule has 0 aromatic heterocycles. The van der Waals surface area contributed by atoms with Gasteiger partial charge in [0.15, 0.2) is 11.5 Å². The first-order valence-electron chi connectivity index (χ1n) is 10.3. The molecule has 0 unspecified atom stereocenters. The average Bonchev–Trinajstić information content (AvgIpc) is 3.35. The summed E-state index contributed by atoms with van der Waals surface area (Å²) in [6, 6.07) is 13.2. The maximum Gasteiger partial charge on any atom is 0.361 e. The highest BCUT2D eigenvalue weighted by molar-refractivity contribution is 6.22. The van der Waals surface area contributed by atoms with Crippen molar-refractivity contribution in [3.8, 4) is 17.2 Å². The molecule has 3 aliphatic heterocycles. The number of hydrogen-bond donors (Lipinski definition) is 0. The maximum atomic E-state index is 12.5. The number of carbonyl (C=O) groups excluding carboxylic acids is 1. The van der Waals surface area contributed by atoms with Gasteiger partial charge in [-0.15, -0.1) is 0 Å². The van der Waals surface area contributed by atoms with E-state index in [0.29, 0.717) is 29.4 Å². The van der Waals surface area contributed by atoms with Crippen LogP contribution in [0.4, 0.5) is 5.69 Å². The van der Waals surface area contributed by atoms with E-state index >= 15 is 0 Å². The summed E-state index contributed by atoms with van der Waals surface area (Å²) in [5.74, 6) is 1.76. The van der Waals surface area contributed by atoms with Gasteiger partial charge in [-0.05, 0) is 51.1 Å². The smallest absolute Gasteiger partial charge is 0.361 e. The summed E-state index contributed by atoms with van der Waals surface area (Å²) in [6.07, 6.45) is 0. The lowest BCUT2D eigenvalue weighted by Crippen LogP contribution is -2.54. The van der Waals surface area contributed by atoms with Gasteiger partial charge in [-0.3, -0.25) is 0 Å². The zero-order valence-corrected chi connectivity index (χ0v) is 18.0. The number of carbonyl (C=O) groups is 1. The number of esters is 1. The van der Waals surface area contributed by atoms with E-state index in [-0.39, 0.29) is 18.6 Å². The average molecular weight is 423 g/mol. The highest BCUT2D eigenvalue weighted by atomic mass is 16.9. The van der Waals surface area contributed by atoms with Gasteiger partial charge in [0.25, 0.3) is 0 Å². The second kappa shape index (κ2) is 7.20. The third kappa shape index (κ3) is 3.11. The number of para-hydroxylation sites is 2. The first-order chi connectivity index (χ1) is 14.9. The van der Waals surface area contributed by atoms with E-state index in [0.717, 1.165) is 16.8 Å². The summed E-state index contributed by atoms with van der Waals surface area (Å²) >= 11 is 0. The highest BCUT2D eigenvalue weighted by Gasteiger charge is 2.46. The van der Waals surface area contributed by atoms with E-state index in [1.54, 1.807) is 7.11 Å². The molecule has 0 radical (unpaired) electrons. The Kier molecular flexibility index (Phi) is 4.59. The number of anilines is 1. The zero-order chi connectivity index (χ0) is 21.8. The van der Waals surface area contributed by atoms with E-state index in [1.807, 2.05) is 42.5 Å². The largest absolute Gasteiger partial charge is 0.497 e. The van der Waals surface area contributed by atoms with Crippen LogP contribution >= 0.6 is 0 Å². The third-order valence-corrected chi connectivity index (χ3v) is 6.14. The molecule has 0 spiro atoms. The van der Waals surface area contributed by atoms with Crippen molar-refractivity contribution in [2.45, 2.75) is 38.8 Å². The van der Waals surface area contributed by atoms with Crippen molar-refractivity contribution in [1.29, 1.82) is 0 Å². The Bertz CT molecular complexity index is 1050. The van der Waals surface area contributed by atoms with E-state index in [1.165, 1.54) is 0 Å². The lowest BCUT2D eigenvalue weighted by Gasteiger charge is -2.48. The van der Waals surface area contributed by atoms with Crippen molar-refractivity contribution in [2.24, 2.45) is 0 Å². The number of cyclic esters (lactones) is 1. The van der Waals surface area contributed by atoms with Crippen LogP contribution in [0.5, 0.6) is 17.2 Å². The number of methoxy groups -OCH3 is 1. The predicted octanol–water partition coefficient (Wildman–Crippen LogP) is 3.76. The van der Waals surface area contributed by atoms with Crippen LogP contribution in [0.2, 0.25) is 0 Å². The minimum absolute atomic E-state index is 0.0391. The van der Waals surface area contributed by atoms with Gasteiger partial charge in [0.1, 0.15) is 12.4 Å². The number of rotatable bonds is 5. The van der Waals surface area contributed by atoms with Gasteiger partial charge in [-0.1, -0.05) is 12.1 Å². The molecule has 1 atom stereocenters. The molecule has 0 N–H and O–H groups in total. The maximum absolute atomic E-state index is 12.5. The van der Waals surface area contributed by atoms with Crippen molar-refractivity contribution < 1.29 is 28.5 Å². The number of nitrogens with zero attached hydrogens (tertiary/aromatic N) is 1. The highest BCUT2D eigenvalue weighted by Crippen LogP contribution is 2.48. The summed E-state index contributed by atoms with van der Waals surface area (Å²) in [7, 11) is 1.62. The standard InChI is InChI=1S/C24H25NO6/c1-14(12-29-23-30-19-7-5-6-8-20(19)31-23)25-18-10-9-15(27-4)11-16(18)21-17(24(25,2)3)13-28-22(21)26/h5-11,14,23H,12-13H2,1-4H3/t14-/m0/s1. The molecule has 0 bridgehead atoms. The van der Waals surface area contributed by atoms with E-state index in [2.05, 4.69) is 25.7 Å². The van der Waals surface area contributed by atoms with Crippen LogP contribution in [0, 0.1) is 0 Å². The number of benzene rings is 2. The summed E-state index contributed by atoms with van der Waals surface area (Å²) in [6.45, 7) is 6.16. The minimum atomic E-state index is -0.783. The van der Waals surface area contributed by atoms with Crippen LogP contribution in [0.3, 0.4) is 0 Å². The summed E-state index contributed by atoms with van der Waals surface area (Å²) < 4.78 is 28.2. The summed E-state index contributed by atoms with van der Waals surface area (Å²) in [5.41, 5.74) is 2.93. The molecule has 0 aliphatic carbocycles. The number of ether oxygens (including phenoxy) is 5. The molecule has 3 aliphatic rings. The molecule has 7 heteroatoms. The van der Waals surface area contributed by atoms with Crippen LogP contribution in [0.25, 0.3) is 5.57 Å². The Hall–Kier alpha value is -3.19. The summed E-state index contributed by atoms with van der Waals surface area (Å²) in [5, 5.41) is 0. The van der Waals surface area contributed by atoms with Crippen molar-refractivity contribution in [2.75, 3.05) is 25.2 Å². The van der Waals surface area contributed by atoms with Crippen LogP contribution in [0.1, 0.15) is 26.3 Å². The Balaban J connectivity index is 1.42. The Morgan fingerprint density at radius 2 is 1.87 bits per heavy atom. The molecule has 5 rings (SSSR count). The number of hydrogen-bond acceptors (Lipinski definition) is 7. The molecule has 2 aromatic rings. The predicted molar refractivity (Wildman–Crippen MR) is 114 cm³/mol. The first-order valence-corrected chi connectivity index (χ1v) is 10.3. The minimum Gasteiger partial charge on any atom is -0.497 e. The fourth-order valence-electron chi connectivity index (χ4n) is 4.68. The lowest BCUT2D eigenvalue weighted by atomic mass is 9.80. The van der Waals surface area contributed by atoms with Crippen molar-refractivity contribution in [3.63, 3.8) is 0 Å². The van der Waals surface area contributed by atoms with Gasteiger partial charge in [0.2, 0.25) is 0 Å². The number of fused-ring (bicyclic) bond motifs is 3. The first kappa shape index (κ1) is 19.8. The van der Waals surface area contributed by atoms with Crippen molar-refractivity contribution >= 4 is 17.2 Å². The SMILES string of the molecule is COc1ccc2c(c1)C1=C(COC1=O)C(C)(C)N2[C@@H](C)COC1Oc2ccccc2O1. The molecule has 0 saturated carbocycles. The molecule has 0 saturated heterocycles. The lowest BCUT2D eigenvalue weighted by molar-refractivity contribution is -0.179. The molecule has 162 valence electrons. The fourth-order valence-corrected chi connectivity index (χ4v) is 4.68. The van der Waals surface area contributed by atoms with E-state index < -0.39 is 12.0 Å². The van der Waals surface area contributed by atoms with Crippen LogP contribution < -0.4 is 19.1 Å². The Labute approximate surface area is 181 Å². The van der Waals surface area contributed by atoms with Gasteiger partial charge in [-0.2, -0.15) is 0 Å². The van der Waals surface area contributed by atoms with E-state index in [9.17, 15) is 4.79 Å². The van der Waals surface area contributed by atoms with Crippen molar-refractivity contribution in [3.05, 3.63) is 53.6 Å². The second-order valence-electron chi connectivity index (χ2n) is 8.40. The summed E-state index contributed by atoms with van der Waals surface area (Å²) in [4.78, 5) is 14.8. The zero-order valence-electron chi connectivity index (χ0n) is 18.0.